The van der Waals surface area contributed by atoms with Crippen molar-refractivity contribution in [3.05, 3.63) is 11.8 Å². The SMILES string of the molecule is CC.CCC(N)CNCC(C)C1=CN=CCC1. The van der Waals surface area contributed by atoms with Crippen LogP contribution >= 0.6 is 0 Å². The topological polar surface area (TPSA) is 50.4 Å². The molecule has 2 atom stereocenters. The molecule has 0 aromatic heterocycles. The normalized spacial score (nSPS) is 17.8. The van der Waals surface area contributed by atoms with E-state index in [-0.39, 0.29) is 6.04 Å². The molecule has 17 heavy (non-hydrogen) atoms. The fourth-order valence-corrected chi connectivity index (χ4v) is 1.65. The average Bonchev–Trinajstić information content (AvgIpc) is 2.41. The fraction of sp³-hybridized carbons (Fsp3) is 0.786. The van der Waals surface area contributed by atoms with Crippen molar-refractivity contribution in [3.63, 3.8) is 0 Å². The van der Waals surface area contributed by atoms with Crippen LogP contribution in [0.15, 0.2) is 16.8 Å². The van der Waals surface area contributed by atoms with Gasteiger partial charge >= 0.3 is 0 Å². The predicted octanol–water partition coefficient (Wildman–Crippen LogP) is 2.72. The maximum absolute atomic E-state index is 5.84. The smallest absolute Gasteiger partial charge is 0.0259 e. The molecule has 0 aliphatic carbocycles. The summed E-state index contributed by atoms with van der Waals surface area (Å²) in [6.45, 7) is 10.3. The lowest BCUT2D eigenvalue weighted by atomic mass is 9.96. The standard InChI is InChI=1S/C12H23N3.C2H6/c1-3-12(13)9-15-7-10(2)11-5-4-6-14-8-11;1-2/h6,8,10,12,15H,3-5,7,9,13H2,1-2H3;1-2H3. The summed E-state index contributed by atoms with van der Waals surface area (Å²) in [5, 5.41) is 3.42. The van der Waals surface area contributed by atoms with Crippen molar-refractivity contribution < 1.29 is 0 Å². The monoisotopic (exact) mass is 239 g/mol. The molecule has 0 fully saturated rings. The highest BCUT2D eigenvalue weighted by molar-refractivity contribution is 5.60. The van der Waals surface area contributed by atoms with Crippen molar-refractivity contribution >= 4 is 6.21 Å². The van der Waals surface area contributed by atoms with Crippen LogP contribution in [0.5, 0.6) is 0 Å². The minimum absolute atomic E-state index is 0.288. The number of nitrogens with zero attached hydrogens (tertiary/aromatic N) is 1. The molecular weight excluding hydrogens is 210 g/mol. The lowest BCUT2D eigenvalue weighted by Gasteiger charge is -2.18. The Hall–Kier alpha value is -0.670. The maximum atomic E-state index is 5.84. The van der Waals surface area contributed by atoms with E-state index in [1.54, 1.807) is 0 Å². The molecule has 2 unspecified atom stereocenters. The molecular formula is C14H29N3. The van der Waals surface area contributed by atoms with Crippen molar-refractivity contribution in [3.8, 4) is 0 Å². The van der Waals surface area contributed by atoms with Gasteiger partial charge in [0.05, 0.1) is 0 Å². The van der Waals surface area contributed by atoms with Gasteiger partial charge in [-0.15, -0.1) is 0 Å². The Kier molecular flexibility index (Phi) is 10.1. The van der Waals surface area contributed by atoms with Gasteiger partial charge in [0.1, 0.15) is 0 Å². The quantitative estimate of drug-likeness (QED) is 0.749. The summed E-state index contributed by atoms with van der Waals surface area (Å²) < 4.78 is 0. The van der Waals surface area contributed by atoms with E-state index < -0.39 is 0 Å². The lowest BCUT2D eigenvalue weighted by Crippen LogP contribution is -2.35. The average molecular weight is 239 g/mol. The van der Waals surface area contributed by atoms with Gasteiger partial charge in [0, 0.05) is 31.5 Å². The zero-order valence-electron chi connectivity index (χ0n) is 11.9. The van der Waals surface area contributed by atoms with Gasteiger partial charge in [0.25, 0.3) is 0 Å². The van der Waals surface area contributed by atoms with Gasteiger partial charge in [-0.05, 0) is 30.8 Å². The minimum atomic E-state index is 0.288. The van der Waals surface area contributed by atoms with Crippen LogP contribution in [-0.2, 0) is 0 Å². The zero-order chi connectivity index (χ0) is 13.1. The second-order valence-corrected chi connectivity index (χ2v) is 4.30. The maximum Gasteiger partial charge on any atom is 0.0259 e. The van der Waals surface area contributed by atoms with Gasteiger partial charge in [-0.3, -0.25) is 4.99 Å². The summed E-state index contributed by atoms with van der Waals surface area (Å²) in [4.78, 5) is 4.20. The molecule has 0 spiro atoms. The van der Waals surface area contributed by atoms with E-state index in [0.29, 0.717) is 5.92 Å². The molecule has 1 aliphatic rings. The van der Waals surface area contributed by atoms with Gasteiger partial charge in [0.15, 0.2) is 0 Å². The van der Waals surface area contributed by atoms with Crippen LogP contribution in [0.3, 0.4) is 0 Å². The van der Waals surface area contributed by atoms with E-state index in [2.05, 4.69) is 24.2 Å². The zero-order valence-corrected chi connectivity index (χ0v) is 11.9. The first-order valence-corrected chi connectivity index (χ1v) is 6.91. The molecule has 0 aromatic rings. The van der Waals surface area contributed by atoms with E-state index in [4.69, 9.17) is 5.73 Å². The summed E-state index contributed by atoms with van der Waals surface area (Å²) in [5.74, 6) is 0.575. The highest BCUT2D eigenvalue weighted by Gasteiger charge is 2.10. The van der Waals surface area contributed by atoms with Crippen molar-refractivity contribution in [2.75, 3.05) is 13.1 Å². The number of rotatable bonds is 6. The van der Waals surface area contributed by atoms with Gasteiger partial charge < -0.3 is 11.1 Å². The predicted molar refractivity (Wildman–Crippen MR) is 77.5 cm³/mol. The molecule has 0 aromatic carbocycles. The number of nitrogens with one attached hydrogen (secondary N) is 1. The van der Waals surface area contributed by atoms with E-state index in [0.717, 1.165) is 32.4 Å². The van der Waals surface area contributed by atoms with Crippen LogP contribution in [0.4, 0.5) is 0 Å². The van der Waals surface area contributed by atoms with Gasteiger partial charge in [-0.25, -0.2) is 0 Å². The second-order valence-electron chi connectivity index (χ2n) is 4.30. The highest BCUT2D eigenvalue weighted by atomic mass is 14.9. The molecule has 3 N–H and O–H groups in total. The van der Waals surface area contributed by atoms with Crippen molar-refractivity contribution in [1.82, 2.24) is 5.32 Å². The molecule has 0 saturated heterocycles. The first-order chi connectivity index (χ1) is 8.24. The van der Waals surface area contributed by atoms with Crippen LogP contribution in [0, 0.1) is 5.92 Å². The molecule has 100 valence electrons. The Morgan fingerprint density at radius 3 is 2.65 bits per heavy atom. The third-order valence-electron chi connectivity index (χ3n) is 2.92. The highest BCUT2D eigenvalue weighted by Crippen LogP contribution is 2.17. The van der Waals surface area contributed by atoms with Crippen molar-refractivity contribution in [2.24, 2.45) is 16.6 Å². The summed E-state index contributed by atoms with van der Waals surface area (Å²) in [5.41, 5.74) is 7.29. The Morgan fingerprint density at radius 2 is 2.12 bits per heavy atom. The third-order valence-corrected chi connectivity index (χ3v) is 2.92. The molecule has 0 saturated carbocycles. The third kappa shape index (κ3) is 7.29. The van der Waals surface area contributed by atoms with Gasteiger partial charge in [-0.2, -0.15) is 0 Å². The molecule has 3 nitrogen and oxygen atoms in total. The number of nitrogens with two attached hydrogens (primary N) is 1. The largest absolute Gasteiger partial charge is 0.327 e. The molecule has 0 amide bonds. The Labute approximate surface area is 107 Å². The van der Waals surface area contributed by atoms with Gasteiger partial charge in [0.2, 0.25) is 0 Å². The minimum Gasteiger partial charge on any atom is -0.327 e. The van der Waals surface area contributed by atoms with Crippen LogP contribution in [0.1, 0.15) is 47.0 Å². The first-order valence-electron chi connectivity index (χ1n) is 6.91. The fourth-order valence-electron chi connectivity index (χ4n) is 1.65. The second kappa shape index (κ2) is 10.5. The molecule has 1 heterocycles. The van der Waals surface area contributed by atoms with Crippen LogP contribution in [0.25, 0.3) is 0 Å². The Balaban J connectivity index is 0.00000121. The summed E-state index contributed by atoms with van der Waals surface area (Å²) >= 11 is 0. The van der Waals surface area contributed by atoms with E-state index in [1.807, 2.05) is 26.3 Å². The van der Waals surface area contributed by atoms with Crippen molar-refractivity contribution in [1.29, 1.82) is 0 Å². The van der Waals surface area contributed by atoms with Crippen molar-refractivity contribution in [2.45, 2.75) is 53.0 Å². The summed E-state index contributed by atoms with van der Waals surface area (Å²) in [7, 11) is 0. The lowest BCUT2D eigenvalue weighted by molar-refractivity contribution is 0.510. The van der Waals surface area contributed by atoms with Gasteiger partial charge in [-0.1, -0.05) is 27.7 Å². The van der Waals surface area contributed by atoms with E-state index in [1.165, 1.54) is 5.57 Å². The van der Waals surface area contributed by atoms with Crippen LogP contribution in [-0.4, -0.2) is 25.3 Å². The molecule has 1 rings (SSSR count). The Bertz CT molecular complexity index is 234. The van der Waals surface area contributed by atoms with Crippen LogP contribution < -0.4 is 11.1 Å². The molecule has 1 aliphatic heterocycles. The molecule has 0 radical (unpaired) electrons. The molecule has 0 bridgehead atoms. The summed E-state index contributed by atoms with van der Waals surface area (Å²) in [6.07, 6.45) is 7.28. The number of hydrogen-bond acceptors (Lipinski definition) is 3. The first kappa shape index (κ1) is 16.3. The van der Waals surface area contributed by atoms with Crippen LogP contribution in [0.2, 0.25) is 0 Å². The van der Waals surface area contributed by atoms with E-state index in [9.17, 15) is 0 Å². The summed E-state index contributed by atoms with van der Waals surface area (Å²) in [6, 6.07) is 0.288. The Morgan fingerprint density at radius 1 is 1.41 bits per heavy atom. The van der Waals surface area contributed by atoms with E-state index >= 15 is 0 Å². The molecule has 3 heteroatoms. The number of aliphatic imine (C=N–C) groups is 1. The number of hydrogen-bond donors (Lipinski definition) is 2.